The topological polar surface area (TPSA) is 105 Å². The largest absolute Gasteiger partial charge is 0.480 e. The number of carbonyl (C=O) groups is 2. The molecule has 3 aromatic carbocycles. The number of fused-ring (bicyclic) bond motifs is 1. The highest BCUT2D eigenvalue weighted by Crippen LogP contribution is 2.22. The van der Waals surface area contributed by atoms with Gasteiger partial charge in [-0.3, -0.25) is 4.79 Å². The van der Waals surface area contributed by atoms with Crippen LogP contribution in [0.4, 0.5) is 4.79 Å². The molecule has 0 saturated carbocycles. The SMILES string of the molecule is C#CCOc1ccc(Br)cc1/C=N\NC(=O)[C@H](Cc1c[nH]c2ccccc12)NC(=O)OCc1ccccc1. The molecule has 192 valence electrons. The van der Waals surface area contributed by atoms with E-state index in [1.54, 1.807) is 12.1 Å². The number of aromatic nitrogens is 1. The summed E-state index contributed by atoms with van der Waals surface area (Å²) in [5.41, 5.74) is 5.75. The fourth-order valence-corrected chi connectivity index (χ4v) is 4.13. The number of terminal acetylenes is 1. The van der Waals surface area contributed by atoms with Crippen LogP contribution in [0.2, 0.25) is 0 Å². The molecule has 4 aromatic rings. The lowest BCUT2D eigenvalue weighted by Crippen LogP contribution is -2.47. The van der Waals surface area contributed by atoms with E-state index in [2.05, 4.69) is 42.7 Å². The number of amides is 2. The molecule has 0 unspecified atom stereocenters. The molecule has 1 atom stereocenters. The summed E-state index contributed by atoms with van der Waals surface area (Å²) >= 11 is 3.41. The maximum atomic E-state index is 13.2. The Morgan fingerprint density at radius 1 is 1.11 bits per heavy atom. The van der Waals surface area contributed by atoms with E-state index < -0.39 is 18.0 Å². The fraction of sp³-hybridized carbons (Fsp3) is 0.138. The number of ether oxygens (including phenoxy) is 2. The summed E-state index contributed by atoms with van der Waals surface area (Å²) in [6.45, 7) is 0.173. The van der Waals surface area contributed by atoms with Crippen LogP contribution in [-0.4, -0.2) is 35.8 Å². The molecule has 0 spiro atoms. The maximum absolute atomic E-state index is 13.2. The van der Waals surface area contributed by atoms with Crippen molar-refractivity contribution in [1.82, 2.24) is 15.7 Å². The van der Waals surface area contributed by atoms with Crippen molar-refractivity contribution in [2.24, 2.45) is 5.10 Å². The summed E-state index contributed by atoms with van der Waals surface area (Å²) in [5.74, 6) is 2.42. The summed E-state index contributed by atoms with van der Waals surface area (Å²) in [7, 11) is 0. The molecule has 8 nitrogen and oxygen atoms in total. The van der Waals surface area contributed by atoms with Gasteiger partial charge < -0.3 is 19.8 Å². The summed E-state index contributed by atoms with van der Waals surface area (Å²) in [5, 5.41) is 7.72. The molecule has 0 aliphatic rings. The number of alkyl carbamates (subject to hydrolysis) is 1. The molecule has 38 heavy (non-hydrogen) atoms. The molecule has 4 rings (SSSR count). The molecule has 0 bridgehead atoms. The number of halogens is 1. The van der Waals surface area contributed by atoms with E-state index >= 15 is 0 Å². The molecular weight excluding hydrogens is 548 g/mol. The Morgan fingerprint density at radius 3 is 2.71 bits per heavy atom. The molecule has 3 N–H and O–H groups in total. The number of benzene rings is 3. The zero-order valence-electron chi connectivity index (χ0n) is 20.3. The third-order valence-corrected chi connectivity index (χ3v) is 6.07. The zero-order valence-corrected chi connectivity index (χ0v) is 21.9. The molecule has 0 radical (unpaired) electrons. The van der Waals surface area contributed by atoms with E-state index in [-0.39, 0.29) is 19.6 Å². The predicted molar refractivity (Wildman–Crippen MR) is 150 cm³/mol. The molecule has 0 saturated heterocycles. The van der Waals surface area contributed by atoms with Crippen LogP contribution in [0.5, 0.6) is 5.75 Å². The first-order valence-corrected chi connectivity index (χ1v) is 12.5. The van der Waals surface area contributed by atoms with E-state index in [9.17, 15) is 9.59 Å². The Kier molecular flexibility index (Phi) is 9.16. The second-order valence-corrected chi connectivity index (χ2v) is 9.15. The van der Waals surface area contributed by atoms with Gasteiger partial charge in [-0.25, -0.2) is 10.2 Å². The second-order valence-electron chi connectivity index (χ2n) is 8.23. The number of rotatable bonds is 10. The van der Waals surface area contributed by atoms with Crippen LogP contribution in [0.3, 0.4) is 0 Å². The molecule has 0 aliphatic carbocycles. The number of hydrogen-bond donors (Lipinski definition) is 3. The van der Waals surface area contributed by atoms with Gasteiger partial charge in [0.25, 0.3) is 5.91 Å². The number of H-pyrrole nitrogens is 1. The highest BCUT2D eigenvalue weighted by atomic mass is 79.9. The van der Waals surface area contributed by atoms with Crippen molar-refractivity contribution in [1.29, 1.82) is 0 Å². The monoisotopic (exact) mass is 572 g/mol. The third kappa shape index (κ3) is 7.24. The Bertz CT molecular complexity index is 1480. The van der Waals surface area contributed by atoms with Crippen LogP contribution in [0.1, 0.15) is 16.7 Å². The van der Waals surface area contributed by atoms with Crippen molar-refractivity contribution in [3.8, 4) is 18.1 Å². The summed E-state index contributed by atoms with van der Waals surface area (Å²) in [4.78, 5) is 28.9. The minimum atomic E-state index is -0.950. The van der Waals surface area contributed by atoms with Gasteiger partial charge in [0.2, 0.25) is 0 Å². The number of aromatic amines is 1. The van der Waals surface area contributed by atoms with Crippen LogP contribution in [0.15, 0.2) is 88.6 Å². The van der Waals surface area contributed by atoms with Crippen molar-refractivity contribution < 1.29 is 19.1 Å². The molecule has 0 aliphatic heterocycles. The molecule has 2 amide bonds. The minimum Gasteiger partial charge on any atom is -0.480 e. The molecule has 1 aromatic heterocycles. The molecule has 9 heteroatoms. The summed E-state index contributed by atoms with van der Waals surface area (Å²) < 4.78 is 11.7. The van der Waals surface area contributed by atoms with Crippen LogP contribution in [0, 0.1) is 12.3 Å². The predicted octanol–water partition coefficient (Wildman–Crippen LogP) is 4.93. The Balaban J connectivity index is 1.48. The Hall–Kier alpha value is -4.55. The standard InChI is InChI=1S/C29H25BrN4O4/c1-2-14-37-27-13-12-23(30)15-22(27)18-32-34-28(35)26(16-21-17-31-25-11-7-6-10-24(21)25)33-29(36)38-19-20-8-4-3-5-9-20/h1,3-13,15,17-18,26,31H,14,16,19H2,(H,33,36)(H,34,35)/b32-18-/t26-/m0/s1. The number of hydrazone groups is 1. The lowest BCUT2D eigenvalue weighted by Gasteiger charge is -2.17. The van der Waals surface area contributed by atoms with E-state index in [0.29, 0.717) is 11.3 Å². The van der Waals surface area contributed by atoms with Gasteiger partial charge >= 0.3 is 6.09 Å². The normalized spacial score (nSPS) is 11.6. The molecule has 0 fully saturated rings. The van der Waals surface area contributed by atoms with Crippen LogP contribution < -0.4 is 15.5 Å². The number of nitrogens with one attached hydrogen (secondary N) is 3. The average Bonchev–Trinajstić information content (AvgIpc) is 3.34. The lowest BCUT2D eigenvalue weighted by molar-refractivity contribution is -0.123. The van der Waals surface area contributed by atoms with Gasteiger partial charge in [-0.05, 0) is 35.4 Å². The lowest BCUT2D eigenvalue weighted by atomic mass is 10.0. The van der Waals surface area contributed by atoms with Gasteiger partial charge in [0, 0.05) is 33.6 Å². The first kappa shape index (κ1) is 26.5. The van der Waals surface area contributed by atoms with Gasteiger partial charge in [-0.1, -0.05) is 70.4 Å². The highest BCUT2D eigenvalue weighted by Gasteiger charge is 2.23. The third-order valence-electron chi connectivity index (χ3n) is 5.58. The summed E-state index contributed by atoms with van der Waals surface area (Å²) in [6, 6.07) is 21.4. The van der Waals surface area contributed by atoms with Crippen molar-refractivity contribution in [3.05, 3.63) is 100 Å². The van der Waals surface area contributed by atoms with Crippen LogP contribution in [0.25, 0.3) is 10.9 Å². The van der Waals surface area contributed by atoms with Crippen molar-refractivity contribution in [3.63, 3.8) is 0 Å². The van der Waals surface area contributed by atoms with Gasteiger partial charge in [0.05, 0.1) is 6.21 Å². The minimum absolute atomic E-state index is 0.0789. The molecular formula is C29H25BrN4O4. The van der Waals surface area contributed by atoms with Crippen molar-refractivity contribution >= 4 is 45.0 Å². The number of para-hydroxylation sites is 1. The van der Waals surface area contributed by atoms with Gasteiger partial charge in [0.15, 0.2) is 0 Å². The van der Waals surface area contributed by atoms with Gasteiger partial charge in [-0.15, -0.1) is 6.42 Å². The summed E-state index contributed by atoms with van der Waals surface area (Å²) in [6.07, 6.45) is 8.07. The van der Waals surface area contributed by atoms with Gasteiger partial charge in [0.1, 0.15) is 25.0 Å². The number of hydrogen-bond acceptors (Lipinski definition) is 5. The van der Waals surface area contributed by atoms with Crippen molar-refractivity contribution in [2.75, 3.05) is 6.61 Å². The zero-order chi connectivity index (χ0) is 26.7. The van der Waals surface area contributed by atoms with Gasteiger partial charge in [-0.2, -0.15) is 5.10 Å². The van der Waals surface area contributed by atoms with E-state index in [1.165, 1.54) is 6.21 Å². The first-order valence-electron chi connectivity index (χ1n) is 11.7. The number of carbonyl (C=O) groups excluding carboxylic acids is 2. The number of nitrogens with zero attached hydrogens (tertiary/aromatic N) is 1. The van der Waals surface area contributed by atoms with E-state index in [0.717, 1.165) is 26.5 Å². The van der Waals surface area contributed by atoms with E-state index in [1.807, 2.05) is 66.9 Å². The van der Waals surface area contributed by atoms with Crippen LogP contribution >= 0.6 is 15.9 Å². The fourth-order valence-electron chi connectivity index (χ4n) is 3.75. The quantitative estimate of drug-likeness (QED) is 0.142. The Morgan fingerprint density at radius 2 is 1.89 bits per heavy atom. The second kappa shape index (κ2) is 13.1. The average molecular weight is 573 g/mol. The smallest absolute Gasteiger partial charge is 0.408 e. The highest BCUT2D eigenvalue weighted by molar-refractivity contribution is 9.10. The molecule has 1 heterocycles. The van der Waals surface area contributed by atoms with E-state index in [4.69, 9.17) is 15.9 Å². The maximum Gasteiger partial charge on any atom is 0.408 e. The first-order chi connectivity index (χ1) is 18.5. The van der Waals surface area contributed by atoms with Crippen LogP contribution in [-0.2, 0) is 22.6 Å². The van der Waals surface area contributed by atoms with Crippen molar-refractivity contribution in [2.45, 2.75) is 19.1 Å². The Labute approximate surface area is 228 Å².